The minimum Gasteiger partial charge on any atom is -0.466 e. The zero-order valence-corrected chi connectivity index (χ0v) is 20.0. The summed E-state index contributed by atoms with van der Waals surface area (Å²) in [5.74, 6) is 2.83. The van der Waals surface area contributed by atoms with Crippen molar-refractivity contribution >= 4 is 17.6 Å². The summed E-state index contributed by atoms with van der Waals surface area (Å²) in [7, 11) is 0. The van der Waals surface area contributed by atoms with Gasteiger partial charge < -0.3 is 9.64 Å². The SMILES string of the molecule is CC1=CC2CC(C3=CC(F)C(C4=NC5(CC5)C(=O)N4CC4CN(C(=O)C5CC5)C4)C=C3)=CC=C2O1. The maximum absolute atomic E-state index is 15.6. The van der Waals surface area contributed by atoms with E-state index >= 15 is 4.39 Å². The highest BCUT2D eigenvalue weighted by molar-refractivity contribution is 6.11. The number of halogens is 1. The van der Waals surface area contributed by atoms with Crippen molar-refractivity contribution < 1.29 is 18.7 Å². The molecule has 7 heteroatoms. The van der Waals surface area contributed by atoms with Gasteiger partial charge in [-0.3, -0.25) is 19.5 Å². The summed E-state index contributed by atoms with van der Waals surface area (Å²) in [6.07, 6.45) is 14.7. The molecule has 3 fully saturated rings. The lowest BCUT2D eigenvalue weighted by Crippen LogP contribution is -2.56. The molecule has 2 saturated carbocycles. The van der Waals surface area contributed by atoms with Crippen LogP contribution in [0, 0.1) is 23.7 Å². The summed E-state index contributed by atoms with van der Waals surface area (Å²) in [6, 6.07) is 0. The number of likely N-dealkylation sites (tertiary alicyclic amines) is 1. The Labute approximate surface area is 204 Å². The number of nitrogens with zero attached hydrogens (tertiary/aromatic N) is 3. The highest BCUT2D eigenvalue weighted by atomic mass is 19.1. The first kappa shape index (κ1) is 21.3. The lowest BCUT2D eigenvalue weighted by Gasteiger charge is -2.41. The van der Waals surface area contributed by atoms with Gasteiger partial charge >= 0.3 is 0 Å². The van der Waals surface area contributed by atoms with E-state index in [1.807, 2.05) is 36.1 Å². The lowest BCUT2D eigenvalue weighted by atomic mass is 9.84. The van der Waals surface area contributed by atoms with Gasteiger partial charge in [0, 0.05) is 37.4 Å². The van der Waals surface area contributed by atoms with Crippen LogP contribution >= 0.6 is 0 Å². The monoisotopic (exact) mass is 475 g/mol. The average Bonchev–Trinajstić information content (AvgIpc) is 3.72. The van der Waals surface area contributed by atoms with Crippen LogP contribution < -0.4 is 0 Å². The molecule has 3 unspecified atom stereocenters. The zero-order chi connectivity index (χ0) is 23.9. The molecule has 3 heterocycles. The largest absolute Gasteiger partial charge is 0.466 e. The number of allylic oxidation sites excluding steroid dienone is 8. The third-order valence-electron chi connectivity index (χ3n) is 8.41. The Kier molecular flexibility index (Phi) is 4.58. The van der Waals surface area contributed by atoms with Gasteiger partial charge in [0.15, 0.2) is 0 Å². The van der Waals surface area contributed by atoms with Gasteiger partial charge in [0.1, 0.15) is 23.3 Å². The van der Waals surface area contributed by atoms with E-state index in [1.165, 1.54) is 0 Å². The van der Waals surface area contributed by atoms with Crippen LogP contribution in [0.3, 0.4) is 0 Å². The van der Waals surface area contributed by atoms with Crippen LogP contribution in [0.4, 0.5) is 4.39 Å². The fraction of sp³-hybridized carbons (Fsp3) is 0.536. The van der Waals surface area contributed by atoms with Crippen LogP contribution in [0.25, 0.3) is 0 Å². The van der Waals surface area contributed by atoms with Crippen molar-refractivity contribution in [2.75, 3.05) is 19.6 Å². The van der Waals surface area contributed by atoms with E-state index < -0.39 is 17.6 Å². The van der Waals surface area contributed by atoms with Crippen LogP contribution in [0.15, 0.2) is 64.1 Å². The number of hydrogen-bond acceptors (Lipinski definition) is 4. The van der Waals surface area contributed by atoms with Crippen molar-refractivity contribution in [3.8, 4) is 0 Å². The van der Waals surface area contributed by atoms with Gasteiger partial charge in [0.05, 0.1) is 11.7 Å². The summed E-state index contributed by atoms with van der Waals surface area (Å²) in [6.45, 7) is 3.85. The van der Waals surface area contributed by atoms with Crippen LogP contribution in [0.5, 0.6) is 0 Å². The number of fused-ring (bicyclic) bond motifs is 1. The normalized spacial score (nSPS) is 32.9. The van der Waals surface area contributed by atoms with Gasteiger partial charge in [-0.05, 0) is 68.4 Å². The second kappa shape index (κ2) is 7.52. The van der Waals surface area contributed by atoms with Gasteiger partial charge in [0.2, 0.25) is 5.91 Å². The Morgan fingerprint density at radius 3 is 2.74 bits per heavy atom. The van der Waals surface area contributed by atoms with Gasteiger partial charge in [-0.2, -0.15) is 0 Å². The molecular formula is C28H30FN3O3. The first-order valence-corrected chi connectivity index (χ1v) is 12.9. The number of rotatable bonds is 5. The Morgan fingerprint density at radius 2 is 2.03 bits per heavy atom. The molecule has 4 aliphatic carbocycles. The average molecular weight is 476 g/mol. The zero-order valence-electron chi connectivity index (χ0n) is 20.0. The smallest absolute Gasteiger partial charge is 0.255 e. The number of carbonyl (C=O) groups is 2. The molecule has 0 radical (unpaired) electrons. The van der Waals surface area contributed by atoms with E-state index in [4.69, 9.17) is 9.73 Å². The molecule has 0 aromatic heterocycles. The van der Waals surface area contributed by atoms with E-state index in [-0.39, 0.29) is 29.6 Å². The number of amidine groups is 1. The molecule has 7 rings (SSSR count). The maximum atomic E-state index is 15.6. The van der Waals surface area contributed by atoms with Gasteiger partial charge in [-0.15, -0.1) is 0 Å². The summed E-state index contributed by atoms with van der Waals surface area (Å²) in [4.78, 5) is 34.0. The second-order valence-electron chi connectivity index (χ2n) is 11.2. The topological polar surface area (TPSA) is 62.2 Å². The molecule has 3 atom stereocenters. The molecule has 0 aromatic carbocycles. The molecule has 1 spiro atoms. The molecular weight excluding hydrogens is 445 g/mol. The van der Waals surface area contributed by atoms with E-state index in [1.54, 1.807) is 11.0 Å². The first-order chi connectivity index (χ1) is 16.9. The number of ether oxygens (including phenoxy) is 1. The molecule has 0 bridgehead atoms. The Bertz CT molecular complexity index is 1190. The molecule has 0 N–H and O–H groups in total. The molecule has 2 amide bonds. The highest BCUT2D eigenvalue weighted by Gasteiger charge is 2.59. The Balaban J connectivity index is 1.06. The van der Waals surface area contributed by atoms with Crippen molar-refractivity contribution in [2.24, 2.45) is 28.7 Å². The molecule has 7 aliphatic rings. The fourth-order valence-corrected chi connectivity index (χ4v) is 6.04. The van der Waals surface area contributed by atoms with Gasteiger partial charge in [-0.1, -0.05) is 18.2 Å². The van der Waals surface area contributed by atoms with Crippen molar-refractivity contribution in [3.05, 3.63) is 59.1 Å². The number of hydrogen-bond donors (Lipinski definition) is 0. The third-order valence-corrected chi connectivity index (χ3v) is 8.41. The molecule has 6 nitrogen and oxygen atoms in total. The first-order valence-electron chi connectivity index (χ1n) is 12.9. The number of amides is 2. The second-order valence-corrected chi connectivity index (χ2v) is 11.2. The molecule has 0 aromatic rings. The number of alkyl halides is 1. The maximum Gasteiger partial charge on any atom is 0.255 e. The van der Waals surface area contributed by atoms with Gasteiger partial charge in [0.25, 0.3) is 5.91 Å². The van der Waals surface area contributed by atoms with Gasteiger partial charge in [-0.25, -0.2) is 4.39 Å². The Morgan fingerprint density at radius 1 is 1.23 bits per heavy atom. The summed E-state index contributed by atoms with van der Waals surface area (Å²) >= 11 is 0. The molecule has 182 valence electrons. The quantitative estimate of drug-likeness (QED) is 0.607. The number of aliphatic imine (C=N–C) groups is 1. The Hall–Kier alpha value is -2.96. The summed E-state index contributed by atoms with van der Waals surface area (Å²) < 4.78 is 21.4. The number of carbonyl (C=O) groups excluding carboxylic acids is 2. The van der Waals surface area contributed by atoms with Crippen molar-refractivity contribution in [1.82, 2.24) is 9.80 Å². The minimum atomic E-state index is -1.24. The highest BCUT2D eigenvalue weighted by Crippen LogP contribution is 2.47. The van der Waals surface area contributed by atoms with Crippen LogP contribution in [-0.4, -0.2) is 58.8 Å². The standard InChI is InChI=1S/C28H30FN3O3/c1-16-10-21-11-19(5-7-24(21)35-16)20-4-6-22(23(29)12-20)25-30-28(8-9-28)27(34)32(25)15-17-13-31(14-17)26(33)18-2-3-18/h4-7,10,12,17-18,21-23H,2-3,8-9,11,13-15H2,1H3. The van der Waals surface area contributed by atoms with E-state index in [0.29, 0.717) is 25.5 Å². The van der Waals surface area contributed by atoms with Crippen LogP contribution in [-0.2, 0) is 14.3 Å². The third kappa shape index (κ3) is 3.54. The lowest BCUT2D eigenvalue weighted by molar-refractivity contribution is -0.139. The predicted molar refractivity (Wildman–Crippen MR) is 129 cm³/mol. The summed E-state index contributed by atoms with van der Waals surface area (Å²) in [5, 5.41) is 0. The van der Waals surface area contributed by atoms with E-state index in [2.05, 4.69) is 6.08 Å². The van der Waals surface area contributed by atoms with Crippen LogP contribution in [0.2, 0.25) is 0 Å². The van der Waals surface area contributed by atoms with Crippen molar-refractivity contribution in [2.45, 2.75) is 50.7 Å². The van der Waals surface area contributed by atoms with Crippen molar-refractivity contribution in [3.63, 3.8) is 0 Å². The molecule has 3 aliphatic heterocycles. The fourth-order valence-electron chi connectivity index (χ4n) is 6.04. The van der Waals surface area contributed by atoms with E-state index in [0.717, 1.165) is 54.8 Å². The van der Waals surface area contributed by atoms with E-state index in [9.17, 15) is 9.59 Å². The summed E-state index contributed by atoms with van der Waals surface area (Å²) in [5.41, 5.74) is 1.34. The minimum absolute atomic E-state index is 0.0193. The van der Waals surface area contributed by atoms with Crippen molar-refractivity contribution in [1.29, 1.82) is 0 Å². The molecule has 35 heavy (non-hydrogen) atoms. The predicted octanol–water partition coefficient (Wildman–Crippen LogP) is 3.84. The van der Waals surface area contributed by atoms with Crippen LogP contribution in [0.1, 0.15) is 39.0 Å². The molecule has 1 saturated heterocycles.